The van der Waals surface area contributed by atoms with E-state index >= 15 is 0 Å². The van der Waals surface area contributed by atoms with E-state index < -0.39 is 40.9 Å². The predicted molar refractivity (Wildman–Crippen MR) is 82.4 cm³/mol. The molecular formula is C16H15F2NO4S. The fraction of sp³-hybridized carbons (Fsp3) is 0.438. The standard InChI is InChI=1S/C16H15F2NO4S/c1-16-5-4-14(21)19(16)12(8-24-16)15(22)23-7-13(20)9-2-3-10(17)11(18)6-9/h2-3,6,12H,4-5,7-8H2,1H3/t12-,16-/m1/s1. The molecule has 2 fully saturated rings. The summed E-state index contributed by atoms with van der Waals surface area (Å²) in [7, 11) is 0. The summed E-state index contributed by atoms with van der Waals surface area (Å²) in [6, 6.07) is 2.01. The van der Waals surface area contributed by atoms with Crippen LogP contribution in [0.2, 0.25) is 0 Å². The second-order valence-corrected chi connectivity index (χ2v) is 7.43. The van der Waals surface area contributed by atoms with Crippen LogP contribution in [0.1, 0.15) is 30.1 Å². The highest BCUT2D eigenvalue weighted by Crippen LogP contribution is 2.47. The van der Waals surface area contributed by atoms with Crippen LogP contribution < -0.4 is 0 Å². The maximum absolute atomic E-state index is 13.1. The summed E-state index contributed by atoms with van der Waals surface area (Å²) in [5, 5.41) is 0. The van der Waals surface area contributed by atoms with E-state index in [9.17, 15) is 23.2 Å². The largest absolute Gasteiger partial charge is 0.456 e. The smallest absolute Gasteiger partial charge is 0.330 e. The van der Waals surface area contributed by atoms with Gasteiger partial charge in [-0.2, -0.15) is 0 Å². The number of amides is 1. The van der Waals surface area contributed by atoms with Crippen molar-refractivity contribution >= 4 is 29.4 Å². The van der Waals surface area contributed by atoms with Gasteiger partial charge in [0.2, 0.25) is 5.91 Å². The molecule has 8 heteroatoms. The van der Waals surface area contributed by atoms with E-state index in [0.29, 0.717) is 18.6 Å². The van der Waals surface area contributed by atoms with Gasteiger partial charge in [-0.05, 0) is 31.5 Å². The summed E-state index contributed by atoms with van der Waals surface area (Å²) in [4.78, 5) is 37.2. The molecule has 0 radical (unpaired) electrons. The molecule has 1 amide bonds. The molecule has 24 heavy (non-hydrogen) atoms. The molecule has 2 atom stereocenters. The molecule has 128 valence electrons. The Morgan fingerprint density at radius 2 is 2.12 bits per heavy atom. The number of nitrogens with zero attached hydrogens (tertiary/aromatic N) is 1. The van der Waals surface area contributed by atoms with Crippen LogP contribution in [0.15, 0.2) is 18.2 Å². The molecule has 0 aromatic heterocycles. The Morgan fingerprint density at radius 3 is 2.83 bits per heavy atom. The van der Waals surface area contributed by atoms with Crippen LogP contribution in [0.3, 0.4) is 0 Å². The number of ketones is 1. The number of Topliss-reactive ketones (excluding diaryl/α,β-unsaturated/α-hetero) is 1. The minimum atomic E-state index is -1.14. The first-order valence-corrected chi connectivity index (χ1v) is 8.41. The molecule has 0 bridgehead atoms. The van der Waals surface area contributed by atoms with Gasteiger partial charge >= 0.3 is 5.97 Å². The predicted octanol–water partition coefficient (Wildman–Crippen LogP) is 2.14. The molecule has 2 aliphatic rings. The summed E-state index contributed by atoms with van der Waals surface area (Å²) in [6.07, 6.45) is 1.06. The van der Waals surface area contributed by atoms with Crippen molar-refractivity contribution < 1.29 is 27.9 Å². The number of fused-ring (bicyclic) bond motifs is 1. The molecule has 0 aliphatic carbocycles. The van der Waals surface area contributed by atoms with E-state index in [0.717, 1.165) is 18.2 Å². The van der Waals surface area contributed by atoms with E-state index in [1.54, 1.807) is 0 Å². The van der Waals surface area contributed by atoms with Gasteiger partial charge in [0.15, 0.2) is 24.0 Å². The Labute approximate surface area is 141 Å². The summed E-state index contributed by atoms with van der Waals surface area (Å²) in [5.41, 5.74) is -0.0791. The molecule has 2 heterocycles. The Morgan fingerprint density at radius 1 is 1.38 bits per heavy atom. The first-order chi connectivity index (χ1) is 11.3. The maximum atomic E-state index is 13.1. The lowest BCUT2D eigenvalue weighted by Gasteiger charge is -2.29. The summed E-state index contributed by atoms with van der Waals surface area (Å²) >= 11 is 1.52. The van der Waals surface area contributed by atoms with Gasteiger partial charge < -0.3 is 9.64 Å². The topological polar surface area (TPSA) is 63.7 Å². The molecule has 1 aromatic rings. The van der Waals surface area contributed by atoms with Crippen LogP contribution in [-0.2, 0) is 14.3 Å². The number of benzene rings is 1. The van der Waals surface area contributed by atoms with Gasteiger partial charge in [-0.3, -0.25) is 9.59 Å². The second-order valence-electron chi connectivity index (χ2n) is 5.93. The zero-order chi connectivity index (χ0) is 17.5. The van der Waals surface area contributed by atoms with Crippen molar-refractivity contribution in [2.45, 2.75) is 30.7 Å². The molecule has 0 unspecified atom stereocenters. The fourth-order valence-electron chi connectivity index (χ4n) is 2.98. The van der Waals surface area contributed by atoms with Crippen LogP contribution in [0.4, 0.5) is 8.78 Å². The van der Waals surface area contributed by atoms with Gasteiger partial charge in [-0.15, -0.1) is 11.8 Å². The lowest BCUT2D eigenvalue weighted by atomic mass is 10.1. The highest BCUT2D eigenvalue weighted by Gasteiger charge is 2.53. The number of hydrogen-bond acceptors (Lipinski definition) is 5. The van der Waals surface area contributed by atoms with Gasteiger partial charge in [-0.25, -0.2) is 13.6 Å². The number of carbonyl (C=O) groups is 3. The van der Waals surface area contributed by atoms with Crippen molar-refractivity contribution in [3.63, 3.8) is 0 Å². The third kappa shape index (κ3) is 2.90. The minimum absolute atomic E-state index is 0.0791. The first kappa shape index (κ1) is 16.9. The maximum Gasteiger partial charge on any atom is 0.330 e. The number of halogens is 2. The van der Waals surface area contributed by atoms with Crippen LogP contribution in [0.25, 0.3) is 0 Å². The summed E-state index contributed by atoms with van der Waals surface area (Å²) < 4.78 is 31.0. The van der Waals surface area contributed by atoms with Gasteiger partial charge in [0, 0.05) is 17.7 Å². The molecule has 0 spiro atoms. The lowest BCUT2D eigenvalue weighted by Crippen LogP contribution is -2.46. The van der Waals surface area contributed by atoms with E-state index in [1.165, 1.54) is 16.7 Å². The van der Waals surface area contributed by atoms with Crippen LogP contribution >= 0.6 is 11.8 Å². The van der Waals surface area contributed by atoms with E-state index in [4.69, 9.17) is 4.74 Å². The number of esters is 1. The number of hydrogen-bond donors (Lipinski definition) is 0. The van der Waals surface area contributed by atoms with Gasteiger partial charge in [0.25, 0.3) is 0 Å². The highest BCUT2D eigenvalue weighted by molar-refractivity contribution is 8.01. The Kier molecular flexibility index (Phi) is 4.33. The summed E-state index contributed by atoms with van der Waals surface area (Å²) in [6.45, 7) is 1.33. The van der Waals surface area contributed by atoms with Crippen molar-refractivity contribution in [3.8, 4) is 0 Å². The molecule has 2 saturated heterocycles. The van der Waals surface area contributed by atoms with Crippen LogP contribution in [-0.4, -0.2) is 45.8 Å². The number of rotatable bonds is 4. The van der Waals surface area contributed by atoms with E-state index in [-0.39, 0.29) is 11.5 Å². The minimum Gasteiger partial charge on any atom is -0.456 e. The summed E-state index contributed by atoms with van der Waals surface area (Å²) in [5.74, 6) is -3.17. The number of thioether (sulfide) groups is 1. The molecule has 5 nitrogen and oxygen atoms in total. The molecule has 2 aliphatic heterocycles. The lowest BCUT2D eigenvalue weighted by molar-refractivity contribution is -0.152. The van der Waals surface area contributed by atoms with Crippen LogP contribution in [0.5, 0.6) is 0 Å². The van der Waals surface area contributed by atoms with Crippen molar-refractivity contribution in [1.82, 2.24) is 4.90 Å². The Balaban J connectivity index is 1.62. The van der Waals surface area contributed by atoms with E-state index in [1.807, 2.05) is 6.92 Å². The zero-order valence-electron chi connectivity index (χ0n) is 12.9. The average molecular weight is 355 g/mol. The quantitative estimate of drug-likeness (QED) is 0.612. The van der Waals surface area contributed by atoms with Crippen molar-refractivity contribution in [3.05, 3.63) is 35.4 Å². The number of carbonyl (C=O) groups excluding carboxylic acids is 3. The first-order valence-electron chi connectivity index (χ1n) is 7.43. The van der Waals surface area contributed by atoms with Crippen molar-refractivity contribution in [1.29, 1.82) is 0 Å². The molecule has 1 aromatic carbocycles. The van der Waals surface area contributed by atoms with Crippen molar-refractivity contribution in [2.24, 2.45) is 0 Å². The Hall–Kier alpha value is -1.96. The van der Waals surface area contributed by atoms with Gasteiger partial charge in [-0.1, -0.05) is 0 Å². The third-order valence-electron chi connectivity index (χ3n) is 4.30. The highest BCUT2D eigenvalue weighted by atomic mass is 32.2. The number of ether oxygens (including phenoxy) is 1. The van der Waals surface area contributed by atoms with Crippen LogP contribution in [0, 0.1) is 11.6 Å². The van der Waals surface area contributed by atoms with Gasteiger partial charge in [0.05, 0.1) is 4.87 Å². The molecule has 0 N–H and O–H groups in total. The molecule has 3 rings (SSSR count). The average Bonchev–Trinajstić information content (AvgIpc) is 3.04. The van der Waals surface area contributed by atoms with E-state index in [2.05, 4.69) is 0 Å². The SMILES string of the molecule is C[C@@]12CCC(=O)N1[C@@H](C(=O)OCC(=O)c1ccc(F)c(F)c1)CS2. The normalized spacial score (nSPS) is 25.7. The fourth-order valence-corrected chi connectivity index (χ4v) is 4.40. The zero-order valence-corrected chi connectivity index (χ0v) is 13.7. The second kappa shape index (κ2) is 6.16. The van der Waals surface area contributed by atoms with Gasteiger partial charge in [0.1, 0.15) is 6.04 Å². The molecule has 0 saturated carbocycles. The monoisotopic (exact) mass is 355 g/mol. The Bertz CT molecular complexity index is 726. The molecular weight excluding hydrogens is 340 g/mol. The third-order valence-corrected chi connectivity index (χ3v) is 5.81. The van der Waals surface area contributed by atoms with Crippen molar-refractivity contribution in [2.75, 3.05) is 12.4 Å².